The Morgan fingerprint density at radius 3 is 2.72 bits per heavy atom. The van der Waals surface area contributed by atoms with Gasteiger partial charge in [-0.25, -0.2) is 0 Å². The van der Waals surface area contributed by atoms with Crippen LogP contribution in [-0.4, -0.2) is 18.1 Å². The molecule has 0 radical (unpaired) electrons. The predicted molar refractivity (Wildman–Crippen MR) is 72.5 cm³/mol. The van der Waals surface area contributed by atoms with E-state index >= 15 is 0 Å². The molecule has 0 spiro atoms. The minimum atomic E-state index is 0.659. The molecule has 2 aromatic rings. The number of nitrogens with zero attached hydrogens (tertiary/aromatic N) is 3. The highest BCUT2D eigenvalue weighted by Crippen LogP contribution is 2.29. The fourth-order valence-corrected chi connectivity index (χ4v) is 2.66. The number of fused-ring (bicyclic) bond motifs is 1. The fraction of sp³-hybridized carbons (Fsp3) is 0.333. The first-order valence-corrected chi connectivity index (χ1v) is 6.43. The zero-order valence-electron chi connectivity index (χ0n) is 10.3. The largest absolute Gasteiger partial charge is 0.371 e. The number of hydrogen-bond donors (Lipinski definition) is 0. The van der Waals surface area contributed by atoms with Crippen molar-refractivity contribution in [3.05, 3.63) is 36.0 Å². The molecule has 90 valence electrons. The molecule has 0 amide bonds. The molecule has 1 aromatic carbocycles. The van der Waals surface area contributed by atoms with Gasteiger partial charge in [0, 0.05) is 30.4 Å². The van der Waals surface area contributed by atoms with Crippen LogP contribution in [0.15, 0.2) is 30.5 Å². The summed E-state index contributed by atoms with van der Waals surface area (Å²) in [5.41, 5.74) is 2.70. The van der Waals surface area contributed by atoms with E-state index in [0.29, 0.717) is 5.56 Å². The summed E-state index contributed by atoms with van der Waals surface area (Å²) < 4.78 is 0. The van der Waals surface area contributed by atoms with Crippen LogP contribution in [0.1, 0.15) is 24.8 Å². The van der Waals surface area contributed by atoms with Crippen LogP contribution in [0.3, 0.4) is 0 Å². The maximum Gasteiger partial charge on any atom is 0.101 e. The van der Waals surface area contributed by atoms with Gasteiger partial charge in [-0.1, -0.05) is 0 Å². The third kappa shape index (κ3) is 1.80. The van der Waals surface area contributed by atoms with E-state index in [2.05, 4.69) is 28.1 Å². The molecule has 18 heavy (non-hydrogen) atoms. The molecule has 1 aliphatic rings. The fourth-order valence-electron chi connectivity index (χ4n) is 2.66. The predicted octanol–water partition coefficient (Wildman–Crippen LogP) is 3.10. The van der Waals surface area contributed by atoms with Crippen LogP contribution in [-0.2, 0) is 0 Å². The molecule has 1 fully saturated rings. The van der Waals surface area contributed by atoms with Gasteiger partial charge in [0.05, 0.1) is 11.1 Å². The maximum atomic E-state index is 9.13. The van der Waals surface area contributed by atoms with Gasteiger partial charge < -0.3 is 4.90 Å². The Balaban J connectivity index is 2.15. The van der Waals surface area contributed by atoms with Gasteiger partial charge in [0.25, 0.3) is 0 Å². The Morgan fingerprint density at radius 2 is 1.94 bits per heavy atom. The molecule has 0 unspecified atom stereocenters. The first kappa shape index (κ1) is 11.0. The van der Waals surface area contributed by atoms with Crippen LogP contribution in [0, 0.1) is 11.3 Å². The van der Waals surface area contributed by atoms with Crippen molar-refractivity contribution in [2.75, 3.05) is 18.0 Å². The summed E-state index contributed by atoms with van der Waals surface area (Å²) >= 11 is 0. The van der Waals surface area contributed by atoms with Gasteiger partial charge in [-0.3, -0.25) is 4.98 Å². The molecule has 3 rings (SSSR count). The second-order valence-corrected chi connectivity index (χ2v) is 4.69. The molecular formula is C15H15N3. The lowest BCUT2D eigenvalue weighted by atomic mass is 10.0. The van der Waals surface area contributed by atoms with Gasteiger partial charge in [0.15, 0.2) is 0 Å². The van der Waals surface area contributed by atoms with Crippen molar-refractivity contribution in [2.45, 2.75) is 19.3 Å². The number of pyridine rings is 1. The maximum absolute atomic E-state index is 9.13. The Bertz CT molecular complexity index is 607. The van der Waals surface area contributed by atoms with E-state index in [4.69, 9.17) is 5.26 Å². The molecule has 0 N–H and O–H groups in total. The summed E-state index contributed by atoms with van der Waals surface area (Å²) in [6, 6.07) is 10.2. The molecule has 1 saturated heterocycles. The van der Waals surface area contributed by atoms with Crippen LogP contribution < -0.4 is 4.90 Å². The number of benzene rings is 1. The first-order chi connectivity index (χ1) is 8.90. The first-order valence-electron chi connectivity index (χ1n) is 6.43. The van der Waals surface area contributed by atoms with E-state index in [0.717, 1.165) is 24.0 Å². The monoisotopic (exact) mass is 237 g/mol. The standard InChI is InChI=1S/C15H15N3/c16-11-12-6-7-14(18-9-2-1-3-10-18)13-5-4-8-17-15(12)13/h4-8H,1-3,9-10H2. The van der Waals surface area contributed by atoms with Gasteiger partial charge in [-0.2, -0.15) is 5.26 Å². The summed E-state index contributed by atoms with van der Waals surface area (Å²) in [7, 11) is 0. The molecular weight excluding hydrogens is 222 g/mol. The lowest BCUT2D eigenvalue weighted by Crippen LogP contribution is -2.29. The van der Waals surface area contributed by atoms with Crippen LogP contribution in [0.25, 0.3) is 10.9 Å². The van der Waals surface area contributed by atoms with E-state index in [1.54, 1.807) is 6.20 Å². The van der Waals surface area contributed by atoms with E-state index in [9.17, 15) is 0 Å². The summed E-state index contributed by atoms with van der Waals surface area (Å²) in [6.07, 6.45) is 5.58. The zero-order chi connectivity index (χ0) is 12.4. The van der Waals surface area contributed by atoms with Gasteiger partial charge in [0.2, 0.25) is 0 Å². The molecule has 0 bridgehead atoms. The van der Waals surface area contributed by atoms with Gasteiger partial charge in [-0.05, 0) is 43.5 Å². The third-order valence-corrected chi connectivity index (χ3v) is 3.56. The summed E-state index contributed by atoms with van der Waals surface area (Å²) in [6.45, 7) is 2.21. The summed E-state index contributed by atoms with van der Waals surface area (Å²) in [5.74, 6) is 0. The Morgan fingerprint density at radius 1 is 1.11 bits per heavy atom. The number of piperidine rings is 1. The van der Waals surface area contributed by atoms with Gasteiger partial charge in [0.1, 0.15) is 6.07 Å². The van der Waals surface area contributed by atoms with Crippen molar-refractivity contribution in [2.24, 2.45) is 0 Å². The average Bonchev–Trinajstić information content (AvgIpc) is 2.47. The van der Waals surface area contributed by atoms with Gasteiger partial charge in [-0.15, -0.1) is 0 Å². The summed E-state index contributed by atoms with van der Waals surface area (Å²) in [5, 5.41) is 10.2. The molecule has 0 atom stereocenters. The Hall–Kier alpha value is -2.08. The number of nitriles is 1. The van der Waals surface area contributed by atoms with Crippen LogP contribution in [0.2, 0.25) is 0 Å². The Kier molecular flexibility index (Phi) is 2.85. The molecule has 2 heterocycles. The van der Waals surface area contributed by atoms with E-state index in [1.807, 2.05) is 12.1 Å². The lowest BCUT2D eigenvalue weighted by molar-refractivity contribution is 0.579. The minimum Gasteiger partial charge on any atom is -0.371 e. The van der Waals surface area contributed by atoms with E-state index < -0.39 is 0 Å². The van der Waals surface area contributed by atoms with Crippen molar-refractivity contribution in [1.29, 1.82) is 5.26 Å². The van der Waals surface area contributed by atoms with E-state index in [-0.39, 0.29) is 0 Å². The lowest BCUT2D eigenvalue weighted by Gasteiger charge is -2.29. The number of rotatable bonds is 1. The minimum absolute atomic E-state index is 0.659. The van der Waals surface area contributed by atoms with Crippen molar-refractivity contribution in [1.82, 2.24) is 4.98 Å². The molecule has 3 heteroatoms. The highest BCUT2D eigenvalue weighted by molar-refractivity contribution is 5.95. The Labute approximate surface area is 107 Å². The number of aromatic nitrogens is 1. The third-order valence-electron chi connectivity index (χ3n) is 3.56. The highest BCUT2D eigenvalue weighted by Gasteiger charge is 2.15. The van der Waals surface area contributed by atoms with Crippen molar-refractivity contribution >= 4 is 16.6 Å². The molecule has 3 nitrogen and oxygen atoms in total. The topological polar surface area (TPSA) is 39.9 Å². The second-order valence-electron chi connectivity index (χ2n) is 4.69. The smallest absolute Gasteiger partial charge is 0.101 e. The summed E-state index contributed by atoms with van der Waals surface area (Å²) in [4.78, 5) is 6.77. The quantitative estimate of drug-likeness (QED) is 0.765. The van der Waals surface area contributed by atoms with Crippen LogP contribution in [0.4, 0.5) is 5.69 Å². The van der Waals surface area contributed by atoms with Crippen molar-refractivity contribution in [3.8, 4) is 6.07 Å². The normalized spacial score (nSPS) is 15.6. The zero-order valence-corrected chi connectivity index (χ0v) is 10.3. The average molecular weight is 237 g/mol. The second kappa shape index (κ2) is 4.66. The van der Waals surface area contributed by atoms with Gasteiger partial charge >= 0.3 is 0 Å². The highest BCUT2D eigenvalue weighted by atomic mass is 15.1. The van der Waals surface area contributed by atoms with Crippen LogP contribution in [0.5, 0.6) is 0 Å². The van der Waals surface area contributed by atoms with Crippen molar-refractivity contribution < 1.29 is 0 Å². The number of anilines is 1. The molecule has 0 aliphatic carbocycles. The SMILES string of the molecule is N#Cc1ccc(N2CCCCC2)c2cccnc12. The number of hydrogen-bond acceptors (Lipinski definition) is 3. The van der Waals surface area contributed by atoms with Crippen LogP contribution >= 0.6 is 0 Å². The van der Waals surface area contributed by atoms with E-state index in [1.165, 1.54) is 24.9 Å². The molecule has 1 aromatic heterocycles. The molecule has 0 saturated carbocycles. The molecule has 1 aliphatic heterocycles. The van der Waals surface area contributed by atoms with Crippen molar-refractivity contribution in [3.63, 3.8) is 0 Å².